The lowest BCUT2D eigenvalue weighted by atomic mass is 10.2. The topological polar surface area (TPSA) is 32.3 Å². The quantitative estimate of drug-likeness (QED) is 0.651. The normalized spacial score (nSPS) is 12.9. The zero-order valence-electron chi connectivity index (χ0n) is 10.1. The number of likely N-dealkylation sites (N-methyl/N-ethyl adjacent to an activating group) is 1. The van der Waals surface area contributed by atoms with Crippen molar-refractivity contribution < 1.29 is 4.79 Å². The molecule has 0 spiro atoms. The van der Waals surface area contributed by atoms with Crippen LogP contribution in [0.2, 0.25) is 0 Å². The molecule has 1 atom stereocenters. The molecule has 0 aromatic carbocycles. The highest BCUT2D eigenvalue weighted by Gasteiger charge is 2.06. The fourth-order valence-corrected chi connectivity index (χ4v) is 1.35. The molecular weight excluding hydrogens is 212 g/mol. The van der Waals surface area contributed by atoms with Gasteiger partial charge in [-0.05, 0) is 26.8 Å². The van der Waals surface area contributed by atoms with Crippen molar-refractivity contribution in [1.82, 2.24) is 10.2 Å². The van der Waals surface area contributed by atoms with Gasteiger partial charge in [0.2, 0.25) is 5.91 Å². The molecule has 90 valence electrons. The van der Waals surface area contributed by atoms with Gasteiger partial charge in [-0.3, -0.25) is 4.79 Å². The summed E-state index contributed by atoms with van der Waals surface area (Å²) in [5, 5.41) is 2.89. The van der Waals surface area contributed by atoms with Gasteiger partial charge >= 0.3 is 0 Å². The van der Waals surface area contributed by atoms with Gasteiger partial charge in [-0.2, -0.15) is 0 Å². The summed E-state index contributed by atoms with van der Waals surface area (Å²) in [7, 11) is 2.08. The Hall–Kier alpha value is -0.280. The number of rotatable bonds is 8. The Labute approximate surface area is 98.2 Å². The minimum Gasteiger partial charge on any atom is -0.355 e. The molecule has 4 heteroatoms. The number of alkyl halides is 1. The maximum Gasteiger partial charge on any atom is 0.220 e. The fraction of sp³-hybridized carbons (Fsp3) is 0.909. The van der Waals surface area contributed by atoms with E-state index in [0.29, 0.717) is 18.3 Å². The molecule has 0 saturated carbocycles. The van der Waals surface area contributed by atoms with E-state index in [4.69, 9.17) is 11.6 Å². The molecular formula is C11H23ClN2O. The van der Waals surface area contributed by atoms with Crippen LogP contribution < -0.4 is 5.32 Å². The summed E-state index contributed by atoms with van der Waals surface area (Å²) in [5.41, 5.74) is 0. The summed E-state index contributed by atoms with van der Waals surface area (Å²) in [6.45, 7) is 5.99. The summed E-state index contributed by atoms with van der Waals surface area (Å²) >= 11 is 5.50. The lowest BCUT2D eigenvalue weighted by Gasteiger charge is -2.23. The van der Waals surface area contributed by atoms with Gasteiger partial charge in [0.25, 0.3) is 0 Å². The van der Waals surface area contributed by atoms with E-state index in [9.17, 15) is 4.79 Å². The van der Waals surface area contributed by atoms with Gasteiger partial charge < -0.3 is 10.2 Å². The number of amides is 1. The average molecular weight is 235 g/mol. The van der Waals surface area contributed by atoms with Gasteiger partial charge in [0.1, 0.15) is 0 Å². The molecule has 3 nitrogen and oxygen atoms in total. The first kappa shape index (κ1) is 14.7. The minimum absolute atomic E-state index is 0.105. The van der Waals surface area contributed by atoms with Crippen LogP contribution in [0.4, 0.5) is 0 Å². The van der Waals surface area contributed by atoms with Crippen LogP contribution in [0.25, 0.3) is 0 Å². The Kier molecular flexibility index (Phi) is 8.82. The molecule has 0 radical (unpaired) electrons. The Morgan fingerprint density at radius 1 is 1.53 bits per heavy atom. The molecule has 0 fully saturated rings. The van der Waals surface area contributed by atoms with Crippen LogP contribution in [0.15, 0.2) is 0 Å². The number of carbonyl (C=O) groups excluding carboxylic acids is 1. The molecule has 0 aromatic rings. The lowest BCUT2D eigenvalue weighted by molar-refractivity contribution is -0.121. The van der Waals surface area contributed by atoms with Crippen molar-refractivity contribution in [3.05, 3.63) is 0 Å². The lowest BCUT2D eigenvalue weighted by Crippen LogP contribution is -2.37. The smallest absolute Gasteiger partial charge is 0.220 e. The highest BCUT2D eigenvalue weighted by atomic mass is 35.5. The van der Waals surface area contributed by atoms with E-state index in [0.717, 1.165) is 25.9 Å². The number of nitrogens with zero attached hydrogens (tertiary/aromatic N) is 1. The van der Waals surface area contributed by atoms with Gasteiger partial charge in [-0.15, -0.1) is 11.6 Å². The van der Waals surface area contributed by atoms with E-state index < -0.39 is 0 Å². The van der Waals surface area contributed by atoms with E-state index in [1.807, 2.05) is 0 Å². The van der Waals surface area contributed by atoms with Gasteiger partial charge in [0, 0.05) is 31.4 Å². The molecule has 15 heavy (non-hydrogen) atoms. The Morgan fingerprint density at radius 3 is 2.73 bits per heavy atom. The predicted molar refractivity (Wildman–Crippen MR) is 65.3 cm³/mol. The number of halogens is 1. The Bertz CT molecular complexity index is 176. The first-order valence-electron chi connectivity index (χ1n) is 5.64. The van der Waals surface area contributed by atoms with Crippen molar-refractivity contribution in [3.8, 4) is 0 Å². The van der Waals surface area contributed by atoms with Crippen LogP contribution in [0.1, 0.15) is 33.1 Å². The van der Waals surface area contributed by atoms with Gasteiger partial charge in [0.05, 0.1) is 0 Å². The van der Waals surface area contributed by atoms with Crippen LogP contribution in [0.5, 0.6) is 0 Å². The first-order valence-corrected chi connectivity index (χ1v) is 6.18. The fourth-order valence-electron chi connectivity index (χ4n) is 1.22. The van der Waals surface area contributed by atoms with E-state index in [1.54, 1.807) is 0 Å². The van der Waals surface area contributed by atoms with E-state index >= 15 is 0 Å². The summed E-state index contributed by atoms with van der Waals surface area (Å²) in [5.74, 6) is 0.661. The average Bonchev–Trinajstić information content (AvgIpc) is 2.24. The Balaban J connectivity index is 3.48. The number of nitrogens with one attached hydrogen (secondary N) is 1. The molecule has 0 bridgehead atoms. The van der Waals surface area contributed by atoms with E-state index in [-0.39, 0.29) is 5.91 Å². The molecule has 0 aliphatic heterocycles. The largest absolute Gasteiger partial charge is 0.355 e. The molecule has 0 saturated heterocycles. The van der Waals surface area contributed by atoms with Crippen molar-refractivity contribution in [2.75, 3.05) is 26.0 Å². The highest BCUT2D eigenvalue weighted by molar-refractivity contribution is 6.17. The molecule has 1 amide bonds. The zero-order chi connectivity index (χ0) is 11.7. The van der Waals surface area contributed by atoms with E-state index in [2.05, 4.69) is 31.1 Å². The Morgan fingerprint density at radius 2 is 2.20 bits per heavy atom. The van der Waals surface area contributed by atoms with Crippen molar-refractivity contribution in [1.29, 1.82) is 0 Å². The minimum atomic E-state index is 0.105. The summed E-state index contributed by atoms with van der Waals surface area (Å²) < 4.78 is 0. The highest BCUT2D eigenvalue weighted by Crippen LogP contribution is 1.98. The third kappa shape index (κ3) is 7.63. The van der Waals surface area contributed by atoms with Crippen LogP contribution in [-0.4, -0.2) is 42.9 Å². The van der Waals surface area contributed by atoms with Crippen molar-refractivity contribution in [2.45, 2.75) is 39.2 Å². The number of hydrogen-bond acceptors (Lipinski definition) is 2. The monoisotopic (exact) mass is 234 g/mol. The van der Waals surface area contributed by atoms with Gasteiger partial charge in [0.15, 0.2) is 0 Å². The summed E-state index contributed by atoms with van der Waals surface area (Å²) in [4.78, 5) is 13.5. The zero-order valence-corrected chi connectivity index (χ0v) is 10.8. The molecule has 0 aromatic heterocycles. The van der Waals surface area contributed by atoms with Gasteiger partial charge in [-0.1, -0.05) is 6.92 Å². The predicted octanol–water partition coefficient (Wildman–Crippen LogP) is 1.85. The number of carbonyl (C=O) groups is 1. The summed E-state index contributed by atoms with van der Waals surface area (Å²) in [6.07, 6.45) is 2.43. The van der Waals surface area contributed by atoms with Crippen LogP contribution in [-0.2, 0) is 4.79 Å². The second-order valence-corrected chi connectivity index (χ2v) is 4.26. The first-order chi connectivity index (χ1) is 7.11. The standard InChI is InChI=1S/C11H23ClN2O/c1-4-10(2)14(3)9-8-13-11(15)6-5-7-12/h10H,4-9H2,1-3H3,(H,13,15). The third-order valence-corrected chi connectivity index (χ3v) is 2.93. The van der Waals surface area contributed by atoms with Crippen molar-refractivity contribution in [2.24, 2.45) is 0 Å². The third-order valence-electron chi connectivity index (χ3n) is 2.67. The van der Waals surface area contributed by atoms with Gasteiger partial charge in [-0.25, -0.2) is 0 Å². The van der Waals surface area contributed by atoms with Crippen LogP contribution in [0.3, 0.4) is 0 Å². The number of hydrogen-bond donors (Lipinski definition) is 1. The second kappa shape index (κ2) is 8.98. The second-order valence-electron chi connectivity index (χ2n) is 3.88. The molecule has 0 heterocycles. The van der Waals surface area contributed by atoms with Crippen LogP contribution in [0, 0.1) is 0 Å². The van der Waals surface area contributed by atoms with E-state index in [1.165, 1.54) is 0 Å². The molecule has 1 unspecified atom stereocenters. The molecule has 1 N–H and O–H groups in total. The molecule has 0 aliphatic rings. The van der Waals surface area contributed by atoms with Crippen molar-refractivity contribution in [3.63, 3.8) is 0 Å². The maximum absolute atomic E-state index is 11.2. The summed E-state index contributed by atoms with van der Waals surface area (Å²) in [6, 6.07) is 0.574. The molecule has 0 rings (SSSR count). The van der Waals surface area contributed by atoms with Crippen molar-refractivity contribution >= 4 is 17.5 Å². The van der Waals surface area contributed by atoms with Crippen LogP contribution >= 0.6 is 11.6 Å². The SMILES string of the molecule is CCC(C)N(C)CCNC(=O)CCCCl. The molecule has 0 aliphatic carbocycles. The maximum atomic E-state index is 11.2.